The fourth-order valence-corrected chi connectivity index (χ4v) is 2.76. The lowest BCUT2D eigenvalue weighted by Crippen LogP contribution is -2.55. The molecule has 0 aromatic heterocycles. The van der Waals surface area contributed by atoms with Crippen LogP contribution >= 0.6 is 0 Å². The first-order valence-electron chi connectivity index (χ1n) is 6.06. The van der Waals surface area contributed by atoms with Gasteiger partial charge >= 0.3 is 5.97 Å². The van der Waals surface area contributed by atoms with Crippen LogP contribution in [0.3, 0.4) is 0 Å². The SMILES string of the molecule is CCN(CC)C(COC)(CC(=O)O)C1CC1. The van der Waals surface area contributed by atoms with Gasteiger partial charge in [0.2, 0.25) is 0 Å². The zero-order valence-corrected chi connectivity index (χ0v) is 10.5. The second-order valence-corrected chi connectivity index (χ2v) is 4.55. The van der Waals surface area contributed by atoms with E-state index in [9.17, 15) is 4.79 Å². The van der Waals surface area contributed by atoms with Gasteiger partial charge in [-0.05, 0) is 31.8 Å². The first-order chi connectivity index (χ1) is 7.60. The second-order valence-electron chi connectivity index (χ2n) is 4.55. The Kier molecular flexibility index (Phi) is 4.74. The predicted molar refractivity (Wildman–Crippen MR) is 62.5 cm³/mol. The van der Waals surface area contributed by atoms with Crippen LogP contribution < -0.4 is 0 Å². The van der Waals surface area contributed by atoms with Crippen molar-refractivity contribution in [2.75, 3.05) is 26.8 Å². The molecule has 0 aromatic carbocycles. The minimum absolute atomic E-state index is 0.188. The molecule has 4 nitrogen and oxygen atoms in total. The van der Waals surface area contributed by atoms with Gasteiger partial charge in [0.25, 0.3) is 0 Å². The van der Waals surface area contributed by atoms with Gasteiger partial charge in [-0.25, -0.2) is 0 Å². The maximum atomic E-state index is 11.1. The Bertz CT molecular complexity index is 236. The van der Waals surface area contributed by atoms with Gasteiger partial charge in [0.1, 0.15) is 0 Å². The highest BCUT2D eigenvalue weighted by Crippen LogP contribution is 2.45. The predicted octanol–water partition coefficient (Wildman–Crippen LogP) is 1.60. The molecular weight excluding hydrogens is 206 g/mol. The number of hydrogen-bond acceptors (Lipinski definition) is 3. The highest BCUT2D eigenvalue weighted by atomic mass is 16.5. The number of carbonyl (C=O) groups is 1. The maximum absolute atomic E-state index is 11.1. The summed E-state index contributed by atoms with van der Waals surface area (Å²) in [6, 6.07) is 0. The van der Waals surface area contributed by atoms with Crippen molar-refractivity contribution in [1.82, 2.24) is 4.90 Å². The normalized spacial score (nSPS) is 19.8. The summed E-state index contributed by atoms with van der Waals surface area (Å²) in [5.74, 6) is -0.237. The molecular formula is C12H23NO3. The van der Waals surface area contributed by atoms with Crippen LogP contribution in [0.2, 0.25) is 0 Å². The Balaban J connectivity index is 2.89. The van der Waals surface area contributed by atoms with Gasteiger partial charge in [-0.1, -0.05) is 13.8 Å². The molecule has 4 heteroatoms. The first kappa shape index (κ1) is 13.5. The molecule has 1 aliphatic carbocycles. The monoisotopic (exact) mass is 229 g/mol. The fourth-order valence-electron chi connectivity index (χ4n) is 2.76. The third-order valence-electron chi connectivity index (χ3n) is 3.58. The molecule has 1 unspecified atom stereocenters. The number of aliphatic carboxylic acids is 1. The molecule has 1 atom stereocenters. The van der Waals surface area contributed by atoms with E-state index in [2.05, 4.69) is 18.7 Å². The van der Waals surface area contributed by atoms with Gasteiger partial charge < -0.3 is 9.84 Å². The van der Waals surface area contributed by atoms with Gasteiger partial charge in [0, 0.05) is 7.11 Å². The summed E-state index contributed by atoms with van der Waals surface area (Å²) in [5.41, 5.74) is -0.288. The third kappa shape index (κ3) is 2.74. The molecule has 94 valence electrons. The molecule has 0 heterocycles. The van der Waals surface area contributed by atoms with E-state index in [4.69, 9.17) is 9.84 Å². The quantitative estimate of drug-likeness (QED) is 0.687. The van der Waals surface area contributed by atoms with E-state index in [-0.39, 0.29) is 12.0 Å². The van der Waals surface area contributed by atoms with Crippen molar-refractivity contribution in [2.45, 2.75) is 38.6 Å². The van der Waals surface area contributed by atoms with E-state index in [0.29, 0.717) is 12.5 Å². The van der Waals surface area contributed by atoms with Gasteiger partial charge in [-0.3, -0.25) is 9.69 Å². The number of ether oxygens (including phenoxy) is 1. The Labute approximate surface area is 97.6 Å². The van der Waals surface area contributed by atoms with Crippen LogP contribution in [0.25, 0.3) is 0 Å². The summed E-state index contributed by atoms with van der Waals surface area (Å²) < 4.78 is 5.29. The minimum Gasteiger partial charge on any atom is -0.481 e. The summed E-state index contributed by atoms with van der Waals surface area (Å²) >= 11 is 0. The highest BCUT2D eigenvalue weighted by molar-refractivity contribution is 5.68. The van der Waals surface area contributed by atoms with Gasteiger partial charge in [0.05, 0.1) is 18.6 Å². The first-order valence-corrected chi connectivity index (χ1v) is 6.06. The van der Waals surface area contributed by atoms with E-state index in [1.807, 2.05) is 0 Å². The average Bonchev–Trinajstić information content (AvgIpc) is 3.01. The molecule has 1 fully saturated rings. The van der Waals surface area contributed by atoms with Crippen molar-refractivity contribution >= 4 is 5.97 Å². The second kappa shape index (κ2) is 5.64. The van der Waals surface area contributed by atoms with Gasteiger partial charge in [-0.15, -0.1) is 0 Å². The topological polar surface area (TPSA) is 49.8 Å². The molecule has 1 rings (SSSR count). The standard InChI is InChI=1S/C12H23NO3/c1-4-13(5-2)12(9-16-3,8-11(14)15)10-6-7-10/h10H,4-9H2,1-3H3,(H,14,15). The molecule has 0 aliphatic heterocycles. The Morgan fingerprint density at radius 3 is 2.31 bits per heavy atom. The van der Waals surface area contributed by atoms with Crippen molar-refractivity contribution in [3.8, 4) is 0 Å². The average molecular weight is 229 g/mol. The smallest absolute Gasteiger partial charge is 0.305 e. The minimum atomic E-state index is -0.726. The largest absolute Gasteiger partial charge is 0.481 e. The lowest BCUT2D eigenvalue weighted by molar-refractivity contribution is -0.142. The molecule has 0 aromatic rings. The summed E-state index contributed by atoms with van der Waals surface area (Å²) in [4.78, 5) is 13.3. The number of hydrogen-bond donors (Lipinski definition) is 1. The lowest BCUT2D eigenvalue weighted by atomic mass is 9.87. The molecule has 1 aliphatic rings. The highest BCUT2D eigenvalue weighted by Gasteiger charge is 2.49. The van der Waals surface area contributed by atoms with Crippen molar-refractivity contribution in [1.29, 1.82) is 0 Å². The summed E-state index contributed by atoms with van der Waals surface area (Å²) in [6.45, 7) is 6.44. The number of carboxylic acids is 1. The van der Waals surface area contributed by atoms with Crippen molar-refractivity contribution in [3.05, 3.63) is 0 Å². The van der Waals surface area contributed by atoms with E-state index in [1.54, 1.807) is 7.11 Å². The van der Waals surface area contributed by atoms with E-state index >= 15 is 0 Å². The molecule has 0 saturated heterocycles. The van der Waals surface area contributed by atoms with E-state index in [0.717, 1.165) is 25.9 Å². The number of nitrogens with zero attached hydrogens (tertiary/aromatic N) is 1. The van der Waals surface area contributed by atoms with Gasteiger partial charge in [0.15, 0.2) is 0 Å². The maximum Gasteiger partial charge on any atom is 0.305 e. The van der Waals surface area contributed by atoms with Crippen LogP contribution in [0.15, 0.2) is 0 Å². The molecule has 1 N–H and O–H groups in total. The van der Waals surface area contributed by atoms with E-state index < -0.39 is 5.97 Å². The van der Waals surface area contributed by atoms with Crippen LogP contribution in [0.4, 0.5) is 0 Å². The van der Waals surface area contributed by atoms with Crippen molar-refractivity contribution < 1.29 is 14.6 Å². The number of carboxylic acid groups (broad SMARTS) is 1. The summed E-state index contributed by atoms with van der Waals surface area (Å²) in [5, 5.41) is 9.11. The van der Waals surface area contributed by atoms with Crippen LogP contribution in [-0.4, -0.2) is 48.3 Å². The van der Waals surface area contributed by atoms with Gasteiger partial charge in [-0.2, -0.15) is 0 Å². The van der Waals surface area contributed by atoms with Crippen LogP contribution in [-0.2, 0) is 9.53 Å². The Morgan fingerprint density at radius 2 is 2.00 bits per heavy atom. The van der Waals surface area contributed by atoms with E-state index in [1.165, 1.54) is 0 Å². The molecule has 0 bridgehead atoms. The zero-order chi connectivity index (χ0) is 12.2. The Hall–Kier alpha value is -0.610. The zero-order valence-electron chi connectivity index (χ0n) is 10.5. The van der Waals surface area contributed by atoms with Crippen molar-refractivity contribution in [2.24, 2.45) is 5.92 Å². The third-order valence-corrected chi connectivity index (χ3v) is 3.58. The van der Waals surface area contributed by atoms with Crippen LogP contribution in [0.1, 0.15) is 33.1 Å². The number of likely N-dealkylation sites (N-methyl/N-ethyl adjacent to an activating group) is 1. The van der Waals surface area contributed by atoms with Crippen LogP contribution in [0, 0.1) is 5.92 Å². The molecule has 0 amide bonds. The van der Waals surface area contributed by atoms with Crippen molar-refractivity contribution in [3.63, 3.8) is 0 Å². The summed E-state index contributed by atoms with van der Waals surface area (Å²) in [7, 11) is 1.66. The van der Waals surface area contributed by atoms with Crippen LogP contribution in [0.5, 0.6) is 0 Å². The summed E-state index contributed by atoms with van der Waals surface area (Å²) in [6.07, 6.45) is 2.45. The fraction of sp³-hybridized carbons (Fsp3) is 0.917. The molecule has 0 spiro atoms. The molecule has 16 heavy (non-hydrogen) atoms. The molecule has 0 radical (unpaired) electrons. The lowest BCUT2D eigenvalue weighted by Gasteiger charge is -2.42. The number of rotatable bonds is 8. The Morgan fingerprint density at radius 1 is 1.44 bits per heavy atom. The molecule has 1 saturated carbocycles. The number of methoxy groups -OCH3 is 1.